The van der Waals surface area contributed by atoms with Crippen LogP contribution < -0.4 is 10.9 Å². The van der Waals surface area contributed by atoms with Crippen LogP contribution in [0.2, 0.25) is 5.02 Å². The molecule has 1 amide bonds. The zero-order valence-corrected chi connectivity index (χ0v) is 13.0. The van der Waals surface area contributed by atoms with Crippen molar-refractivity contribution >= 4 is 23.2 Å². The Morgan fingerprint density at radius 1 is 1.08 bits per heavy atom. The zero-order valence-electron chi connectivity index (χ0n) is 12.2. The maximum absolute atomic E-state index is 13.8. The number of carbonyl (C=O) groups excluding carboxylic acids is 1. The summed E-state index contributed by atoms with van der Waals surface area (Å²) in [4.78, 5) is 24.2. The van der Waals surface area contributed by atoms with Crippen LogP contribution in [0.15, 0.2) is 65.5 Å². The van der Waals surface area contributed by atoms with Crippen molar-refractivity contribution in [2.45, 2.75) is 0 Å². The highest BCUT2D eigenvalue weighted by Gasteiger charge is 2.13. The van der Waals surface area contributed by atoms with E-state index < -0.39 is 11.7 Å². The van der Waals surface area contributed by atoms with Crippen molar-refractivity contribution in [3.63, 3.8) is 0 Å². The lowest BCUT2D eigenvalue weighted by atomic mass is 10.3. The predicted octanol–water partition coefficient (Wildman–Crippen LogP) is 3.28. The third-order valence-electron chi connectivity index (χ3n) is 3.21. The summed E-state index contributed by atoms with van der Waals surface area (Å²) in [5, 5.41) is 6.65. The molecule has 0 saturated heterocycles. The molecular weight excluding hydrogens is 333 g/mol. The third-order valence-corrected chi connectivity index (χ3v) is 3.45. The average Bonchev–Trinajstić information content (AvgIpc) is 2.58. The van der Waals surface area contributed by atoms with Crippen LogP contribution in [-0.4, -0.2) is 15.7 Å². The monoisotopic (exact) mass is 343 g/mol. The molecule has 0 spiro atoms. The van der Waals surface area contributed by atoms with Gasteiger partial charge < -0.3 is 5.32 Å². The van der Waals surface area contributed by atoms with Crippen LogP contribution in [0.5, 0.6) is 0 Å². The number of nitrogens with zero attached hydrogens (tertiary/aromatic N) is 2. The van der Waals surface area contributed by atoms with Crippen LogP contribution in [0, 0.1) is 5.82 Å². The first kappa shape index (κ1) is 15.9. The molecule has 0 fully saturated rings. The van der Waals surface area contributed by atoms with E-state index in [-0.39, 0.29) is 22.0 Å². The summed E-state index contributed by atoms with van der Waals surface area (Å²) >= 11 is 5.67. The number of nitrogens with one attached hydrogen (secondary N) is 1. The molecule has 0 bridgehead atoms. The first-order chi connectivity index (χ1) is 11.5. The molecule has 0 saturated carbocycles. The van der Waals surface area contributed by atoms with Crippen LogP contribution in [-0.2, 0) is 0 Å². The topological polar surface area (TPSA) is 64.0 Å². The molecule has 5 nitrogen and oxygen atoms in total. The van der Waals surface area contributed by atoms with Gasteiger partial charge in [-0.15, -0.1) is 0 Å². The maximum Gasteiger partial charge on any atom is 0.276 e. The van der Waals surface area contributed by atoms with Gasteiger partial charge in [-0.1, -0.05) is 29.8 Å². The number of rotatable bonds is 3. The Balaban J connectivity index is 1.92. The highest BCUT2D eigenvalue weighted by Crippen LogP contribution is 2.19. The summed E-state index contributed by atoms with van der Waals surface area (Å²) in [6, 6.07) is 15.1. The fraction of sp³-hybridized carbons (Fsp3) is 0. The van der Waals surface area contributed by atoms with Crippen LogP contribution in [0.25, 0.3) is 5.69 Å². The number of benzene rings is 2. The van der Waals surface area contributed by atoms with Crippen molar-refractivity contribution in [2.75, 3.05) is 5.32 Å². The molecule has 0 radical (unpaired) electrons. The largest absolute Gasteiger partial charge is 0.318 e. The molecule has 0 aliphatic carbocycles. The van der Waals surface area contributed by atoms with Gasteiger partial charge in [-0.05, 0) is 36.4 Å². The smallest absolute Gasteiger partial charge is 0.276 e. The lowest BCUT2D eigenvalue weighted by Gasteiger charge is -2.08. The lowest BCUT2D eigenvalue weighted by Crippen LogP contribution is -2.25. The van der Waals surface area contributed by atoms with Gasteiger partial charge in [0.25, 0.3) is 11.5 Å². The Morgan fingerprint density at radius 2 is 1.83 bits per heavy atom. The number of carbonyl (C=O) groups is 1. The number of hydrogen-bond donors (Lipinski definition) is 1. The second-order valence-electron chi connectivity index (χ2n) is 4.88. The Kier molecular flexibility index (Phi) is 4.39. The van der Waals surface area contributed by atoms with E-state index in [1.54, 1.807) is 30.3 Å². The SMILES string of the molecule is O=C(Nc1ccc(Cl)cc1F)c1ccc(=O)n(-c2ccccc2)n1. The van der Waals surface area contributed by atoms with E-state index in [0.717, 1.165) is 10.7 Å². The Bertz CT molecular complexity index is 958. The predicted molar refractivity (Wildman–Crippen MR) is 89.2 cm³/mol. The van der Waals surface area contributed by atoms with E-state index in [0.29, 0.717) is 5.69 Å². The molecule has 0 aliphatic rings. The molecule has 1 N–H and O–H groups in total. The molecule has 1 heterocycles. The zero-order chi connectivity index (χ0) is 17.1. The lowest BCUT2D eigenvalue weighted by molar-refractivity contribution is 0.102. The third kappa shape index (κ3) is 3.33. The quantitative estimate of drug-likeness (QED) is 0.793. The molecule has 0 unspecified atom stereocenters. The summed E-state index contributed by atoms with van der Waals surface area (Å²) in [6.45, 7) is 0. The molecule has 120 valence electrons. The number of halogens is 2. The molecule has 0 aliphatic heterocycles. The van der Waals surface area contributed by atoms with E-state index >= 15 is 0 Å². The minimum atomic E-state index is -0.660. The number of amides is 1. The number of hydrogen-bond acceptors (Lipinski definition) is 3. The van der Waals surface area contributed by atoms with E-state index in [2.05, 4.69) is 10.4 Å². The summed E-state index contributed by atoms with van der Waals surface area (Å²) in [5.41, 5.74) is 0.0988. The number of para-hydroxylation sites is 1. The summed E-state index contributed by atoms with van der Waals surface area (Å²) in [5.74, 6) is -1.30. The van der Waals surface area contributed by atoms with Gasteiger partial charge in [-0.25, -0.2) is 4.39 Å². The highest BCUT2D eigenvalue weighted by molar-refractivity contribution is 6.30. The summed E-state index contributed by atoms with van der Waals surface area (Å²) < 4.78 is 14.9. The summed E-state index contributed by atoms with van der Waals surface area (Å²) in [6.07, 6.45) is 0. The van der Waals surface area contributed by atoms with Gasteiger partial charge >= 0.3 is 0 Å². The van der Waals surface area contributed by atoms with Gasteiger partial charge in [0, 0.05) is 11.1 Å². The fourth-order valence-electron chi connectivity index (χ4n) is 2.06. The Morgan fingerprint density at radius 3 is 2.54 bits per heavy atom. The first-order valence-electron chi connectivity index (χ1n) is 6.97. The van der Waals surface area contributed by atoms with Gasteiger partial charge in [0.2, 0.25) is 0 Å². The minimum Gasteiger partial charge on any atom is -0.318 e. The van der Waals surface area contributed by atoms with Crippen molar-refractivity contribution < 1.29 is 9.18 Å². The molecule has 0 atom stereocenters. The van der Waals surface area contributed by atoms with Gasteiger partial charge in [0.15, 0.2) is 0 Å². The van der Waals surface area contributed by atoms with Crippen LogP contribution in [0.1, 0.15) is 10.5 Å². The fourth-order valence-corrected chi connectivity index (χ4v) is 2.22. The van der Waals surface area contributed by atoms with Gasteiger partial charge in [-0.2, -0.15) is 9.78 Å². The second kappa shape index (κ2) is 6.64. The molecular formula is C17H11ClFN3O2. The van der Waals surface area contributed by atoms with Crippen LogP contribution >= 0.6 is 11.6 Å². The highest BCUT2D eigenvalue weighted by atomic mass is 35.5. The van der Waals surface area contributed by atoms with Gasteiger partial charge in [-0.3, -0.25) is 9.59 Å². The van der Waals surface area contributed by atoms with Crippen molar-refractivity contribution in [1.82, 2.24) is 9.78 Å². The molecule has 2 aromatic carbocycles. The molecule has 3 aromatic rings. The van der Waals surface area contributed by atoms with E-state index in [1.165, 1.54) is 24.3 Å². The molecule has 3 rings (SSSR count). The molecule has 7 heteroatoms. The van der Waals surface area contributed by atoms with Crippen molar-refractivity contribution in [3.8, 4) is 5.69 Å². The van der Waals surface area contributed by atoms with E-state index in [1.807, 2.05) is 0 Å². The van der Waals surface area contributed by atoms with Crippen molar-refractivity contribution in [1.29, 1.82) is 0 Å². The Hall–Kier alpha value is -2.99. The number of anilines is 1. The summed E-state index contributed by atoms with van der Waals surface area (Å²) in [7, 11) is 0. The van der Waals surface area contributed by atoms with Gasteiger partial charge in [0.1, 0.15) is 11.5 Å². The minimum absolute atomic E-state index is 0.0206. The first-order valence-corrected chi connectivity index (χ1v) is 7.34. The standard InChI is InChI=1S/C17H11ClFN3O2/c18-11-6-7-14(13(19)10-11)20-17(24)15-8-9-16(23)22(21-15)12-4-2-1-3-5-12/h1-10H,(H,20,24). The number of aromatic nitrogens is 2. The van der Waals surface area contributed by atoms with Crippen molar-refractivity contribution in [2.24, 2.45) is 0 Å². The van der Waals surface area contributed by atoms with Crippen molar-refractivity contribution in [3.05, 3.63) is 87.6 Å². The second-order valence-corrected chi connectivity index (χ2v) is 5.32. The van der Waals surface area contributed by atoms with Crippen LogP contribution in [0.4, 0.5) is 10.1 Å². The van der Waals surface area contributed by atoms with Crippen LogP contribution in [0.3, 0.4) is 0 Å². The molecule has 1 aromatic heterocycles. The van der Waals surface area contributed by atoms with E-state index in [4.69, 9.17) is 11.6 Å². The van der Waals surface area contributed by atoms with E-state index in [9.17, 15) is 14.0 Å². The average molecular weight is 344 g/mol. The normalized spacial score (nSPS) is 10.4. The Labute approximate surface area is 141 Å². The van der Waals surface area contributed by atoms with Gasteiger partial charge in [0.05, 0.1) is 11.4 Å². The molecule has 24 heavy (non-hydrogen) atoms. The maximum atomic E-state index is 13.8.